The molecule has 1 heterocycles. The van der Waals surface area contributed by atoms with Crippen LogP contribution < -0.4 is 0 Å². The molecule has 1 aromatic carbocycles. The van der Waals surface area contributed by atoms with Gasteiger partial charge in [-0.1, -0.05) is 18.2 Å². The van der Waals surface area contributed by atoms with Crippen LogP contribution in [0.2, 0.25) is 0 Å². The van der Waals surface area contributed by atoms with Crippen molar-refractivity contribution < 1.29 is 14.7 Å². The van der Waals surface area contributed by atoms with E-state index in [0.29, 0.717) is 5.56 Å². The van der Waals surface area contributed by atoms with E-state index in [1.54, 1.807) is 17.9 Å². The van der Waals surface area contributed by atoms with Gasteiger partial charge in [0.1, 0.15) is 0 Å². The molecule has 0 saturated heterocycles. The van der Waals surface area contributed by atoms with Gasteiger partial charge in [0.15, 0.2) is 0 Å². The standard InChI is InChI=1S/C14H15N3O3/c1-16(8-7-13(18)19)14(20)11-9-15-17(10-11)12-5-3-2-4-6-12/h2-6,9-10H,7-8H2,1H3,(H,18,19). The average Bonchev–Trinajstić information content (AvgIpc) is 2.94. The first-order chi connectivity index (χ1) is 9.58. The van der Waals surface area contributed by atoms with Crippen molar-refractivity contribution in [1.29, 1.82) is 0 Å². The summed E-state index contributed by atoms with van der Waals surface area (Å²) >= 11 is 0. The summed E-state index contributed by atoms with van der Waals surface area (Å²) in [6.45, 7) is 0.171. The molecular formula is C14H15N3O3. The smallest absolute Gasteiger partial charge is 0.305 e. The monoisotopic (exact) mass is 273 g/mol. The zero-order valence-electron chi connectivity index (χ0n) is 11.1. The molecule has 1 N–H and O–H groups in total. The molecule has 0 fully saturated rings. The number of carboxylic acid groups (broad SMARTS) is 1. The molecule has 0 aliphatic heterocycles. The van der Waals surface area contributed by atoms with E-state index in [0.717, 1.165) is 5.69 Å². The Kier molecular flexibility index (Phi) is 4.14. The third kappa shape index (κ3) is 3.23. The van der Waals surface area contributed by atoms with E-state index in [1.807, 2.05) is 30.3 Å². The van der Waals surface area contributed by atoms with Crippen LogP contribution in [0.25, 0.3) is 5.69 Å². The molecule has 0 radical (unpaired) electrons. The van der Waals surface area contributed by atoms with Crippen molar-refractivity contribution in [2.45, 2.75) is 6.42 Å². The Morgan fingerprint density at radius 2 is 2.00 bits per heavy atom. The summed E-state index contributed by atoms with van der Waals surface area (Å²) in [4.78, 5) is 24.0. The highest BCUT2D eigenvalue weighted by Gasteiger charge is 2.15. The summed E-state index contributed by atoms with van der Waals surface area (Å²) in [6.07, 6.45) is 3.04. The molecule has 0 spiro atoms. The second-order valence-electron chi connectivity index (χ2n) is 4.38. The molecule has 0 saturated carbocycles. The van der Waals surface area contributed by atoms with E-state index >= 15 is 0 Å². The van der Waals surface area contributed by atoms with Crippen molar-refractivity contribution in [3.63, 3.8) is 0 Å². The Morgan fingerprint density at radius 3 is 2.65 bits per heavy atom. The fourth-order valence-corrected chi connectivity index (χ4v) is 1.74. The van der Waals surface area contributed by atoms with Crippen LogP contribution in [0.1, 0.15) is 16.8 Å². The van der Waals surface area contributed by atoms with E-state index in [9.17, 15) is 9.59 Å². The fourth-order valence-electron chi connectivity index (χ4n) is 1.74. The first-order valence-corrected chi connectivity index (χ1v) is 6.15. The van der Waals surface area contributed by atoms with Crippen LogP contribution in [-0.2, 0) is 4.79 Å². The molecule has 2 aromatic rings. The molecule has 104 valence electrons. The molecule has 20 heavy (non-hydrogen) atoms. The summed E-state index contributed by atoms with van der Waals surface area (Å²) < 4.78 is 1.61. The van der Waals surface area contributed by atoms with Gasteiger partial charge in [-0.25, -0.2) is 4.68 Å². The summed E-state index contributed by atoms with van der Waals surface area (Å²) in [6, 6.07) is 9.44. The average molecular weight is 273 g/mol. The van der Waals surface area contributed by atoms with Gasteiger partial charge in [-0.3, -0.25) is 9.59 Å². The van der Waals surface area contributed by atoms with Crippen molar-refractivity contribution in [3.8, 4) is 5.69 Å². The van der Waals surface area contributed by atoms with Crippen LogP contribution in [0.5, 0.6) is 0 Å². The summed E-state index contributed by atoms with van der Waals surface area (Å²) in [5.74, 6) is -1.17. The second kappa shape index (κ2) is 6.01. The Morgan fingerprint density at radius 1 is 1.30 bits per heavy atom. The van der Waals surface area contributed by atoms with Crippen LogP contribution in [0.4, 0.5) is 0 Å². The number of rotatable bonds is 5. The number of carbonyl (C=O) groups is 2. The molecule has 6 heteroatoms. The quantitative estimate of drug-likeness (QED) is 0.894. The van der Waals surface area contributed by atoms with Crippen molar-refractivity contribution in [1.82, 2.24) is 14.7 Å². The third-order valence-corrected chi connectivity index (χ3v) is 2.86. The van der Waals surface area contributed by atoms with Crippen molar-refractivity contribution in [3.05, 3.63) is 48.3 Å². The number of carbonyl (C=O) groups excluding carboxylic acids is 1. The Balaban J connectivity index is 2.08. The van der Waals surface area contributed by atoms with Gasteiger partial charge >= 0.3 is 5.97 Å². The molecule has 0 bridgehead atoms. The number of para-hydroxylation sites is 1. The number of benzene rings is 1. The highest BCUT2D eigenvalue weighted by molar-refractivity contribution is 5.93. The number of nitrogens with zero attached hydrogens (tertiary/aromatic N) is 3. The largest absolute Gasteiger partial charge is 0.481 e. The number of aromatic nitrogens is 2. The van der Waals surface area contributed by atoms with Crippen LogP contribution >= 0.6 is 0 Å². The van der Waals surface area contributed by atoms with Gasteiger partial charge in [-0.2, -0.15) is 5.10 Å². The molecule has 0 atom stereocenters. The molecule has 1 aromatic heterocycles. The van der Waals surface area contributed by atoms with E-state index in [4.69, 9.17) is 5.11 Å². The maximum Gasteiger partial charge on any atom is 0.305 e. The molecule has 0 unspecified atom stereocenters. The summed E-state index contributed by atoms with van der Waals surface area (Å²) in [5, 5.41) is 12.8. The minimum Gasteiger partial charge on any atom is -0.481 e. The first kappa shape index (κ1) is 13.8. The highest BCUT2D eigenvalue weighted by atomic mass is 16.4. The van der Waals surface area contributed by atoms with Gasteiger partial charge in [-0.15, -0.1) is 0 Å². The first-order valence-electron chi connectivity index (χ1n) is 6.15. The third-order valence-electron chi connectivity index (χ3n) is 2.86. The number of hydrogen-bond acceptors (Lipinski definition) is 3. The normalized spacial score (nSPS) is 10.2. The lowest BCUT2D eigenvalue weighted by molar-refractivity contribution is -0.137. The van der Waals surface area contributed by atoms with Gasteiger partial charge in [0.2, 0.25) is 0 Å². The van der Waals surface area contributed by atoms with E-state index < -0.39 is 5.97 Å². The lowest BCUT2D eigenvalue weighted by Gasteiger charge is -2.14. The SMILES string of the molecule is CN(CCC(=O)O)C(=O)c1cnn(-c2ccccc2)c1. The number of aliphatic carboxylic acids is 1. The van der Waals surface area contributed by atoms with E-state index in [-0.39, 0.29) is 18.9 Å². The van der Waals surface area contributed by atoms with Gasteiger partial charge in [0.25, 0.3) is 5.91 Å². The number of hydrogen-bond donors (Lipinski definition) is 1. The lowest BCUT2D eigenvalue weighted by Crippen LogP contribution is -2.28. The number of carboxylic acids is 1. The Hall–Kier alpha value is -2.63. The van der Waals surface area contributed by atoms with Gasteiger partial charge in [0.05, 0.1) is 23.9 Å². The van der Waals surface area contributed by atoms with Crippen molar-refractivity contribution in [2.75, 3.05) is 13.6 Å². The minimum atomic E-state index is -0.926. The Bertz CT molecular complexity index is 607. The van der Waals surface area contributed by atoms with Crippen LogP contribution in [0.3, 0.4) is 0 Å². The summed E-state index contributed by atoms with van der Waals surface area (Å²) in [7, 11) is 1.57. The predicted octanol–water partition coefficient (Wildman–Crippen LogP) is 1.42. The molecule has 0 aliphatic rings. The topological polar surface area (TPSA) is 75.4 Å². The predicted molar refractivity (Wildman–Crippen MR) is 72.8 cm³/mol. The van der Waals surface area contributed by atoms with Crippen molar-refractivity contribution in [2.24, 2.45) is 0 Å². The molecule has 1 amide bonds. The van der Waals surface area contributed by atoms with Crippen LogP contribution in [-0.4, -0.2) is 45.3 Å². The highest BCUT2D eigenvalue weighted by Crippen LogP contribution is 2.09. The zero-order chi connectivity index (χ0) is 14.5. The van der Waals surface area contributed by atoms with E-state index in [2.05, 4.69) is 5.10 Å². The van der Waals surface area contributed by atoms with E-state index in [1.165, 1.54) is 11.1 Å². The van der Waals surface area contributed by atoms with Gasteiger partial charge < -0.3 is 10.0 Å². The lowest BCUT2D eigenvalue weighted by atomic mass is 10.3. The van der Waals surface area contributed by atoms with Gasteiger partial charge in [-0.05, 0) is 12.1 Å². The number of amides is 1. The van der Waals surface area contributed by atoms with Gasteiger partial charge in [0, 0.05) is 19.8 Å². The Labute approximate surface area is 116 Å². The molecule has 6 nitrogen and oxygen atoms in total. The maximum absolute atomic E-state index is 12.1. The van der Waals surface area contributed by atoms with Crippen LogP contribution in [0, 0.1) is 0 Å². The summed E-state index contributed by atoms with van der Waals surface area (Å²) in [5.41, 5.74) is 1.29. The molecular weight excluding hydrogens is 258 g/mol. The molecule has 2 rings (SSSR count). The second-order valence-corrected chi connectivity index (χ2v) is 4.38. The van der Waals surface area contributed by atoms with Crippen LogP contribution in [0.15, 0.2) is 42.7 Å². The zero-order valence-corrected chi connectivity index (χ0v) is 11.1. The minimum absolute atomic E-state index is 0.0743. The molecule has 0 aliphatic carbocycles. The van der Waals surface area contributed by atoms with Crippen molar-refractivity contribution >= 4 is 11.9 Å². The fraction of sp³-hybridized carbons (Fsp3) is 0.214. The maximum atomic E-state index is 12.1.